The van der Waals surface area contributed by atoms with Crippen LogP contribution in [0.1, 0.15) is 57.6 Å². The zero-order valence-corrected chi connectivity index (χ0v) is 15.8. The summed E-state index contributed by atoms with van der Waals surface area (Å²) in [6, 6.07) is 4.82. The Morgan fingerprint density at radius 1 is 1.11 bits per heavy atom. The molecule has 1 aromatic rings. The fourth-order valence-corrected chi connectivity index (χ4v) is 2.38. The zero-order valence-electron chi connectivity index (χ0n) is 15.8. The van der Waals surface area contributed by atoms with Crippen molar-refractivity contribution in [1.29, 1.82) is 0 Å². The van der Waals surface area contributed by atoms with Gasteiger partial charge in [-0.25, -0.2) is 4.79 Å². The third-order valence-electron chi connectivity index (χ3n) is 3.60. The molecule has 0 heterocycles. The number of halogens is 3. The van der Waals surface area contributed by atoms with Gasteiger partial charge in [0.25, 0.3) is 0 Å². The second-order valence-corrected chi connectivity index (χ2v) is 7.30. The Hall–Kier alpha value is -2.25. The van der Waals surface area contributed by atoms with Crippen molar-refractivity contribution in [2.24, 2.45) is 0 Å². The smallest absolute Gasteiger partial charge is 0.416 e. The number of aliphatic carboxylic acids is 1. The summed E-state index contributed by atoms with van der Waals surface area (Å²) >= 11 is 0. The molecule has 5 nitrogen and oxygen atoms in total. The molecule has 0 aromatic heterocycles. The molecule has 0 bridgehead atoms. The summed E-state index contributed by atoms with van der Waals surface area (Å²) in [4.78, 5) is 24.3. The van der Waals surface area contributed by atoms with Gasteiger partial charge in [0.15, 0.2) is 0 Å². The quantitative estimate of drug-likeness (QED) is 0.629. The predicted molar refractivity (Wildman–Crippen MR) is 94.2 cm³/mol. The van der Waals surface area contributed by atoms with Crippen molar-refractivity contribution in [1.82, 2.24) is 4.90 Å². The zero-order chi connectivity index (χ0) is 20.7. The van der Waals surface area contributed by atoms with Gasteiger partial charge in [-0.15, -0.1) is 0 Å². The molecule has 1 N–H and O–H groups in total. The van der Waals surface area contributed by atoms with Crippen LogP contribution in [0.5, 0.6) is 0 Å². The number of amides is 1. The molecule has 0 unspecified atom stereocenters. The molecule has 0 spiro atoms. The number of unbranched alkanes of at least 4 members (excludes halogenated alkanes) is 2. The maximum Gasteiger partial charge on any atom is 0.416 e. The van der Waals surface area contributed by atoms with E-state index in [9.17, 15) is 22.8 Å². The number of hydrogen-bond acceptors (Lipinski definition) is 3. The fourth-order valence-electron chi connectivity index (χ4n) is 2.38. The number of hydrogen-bond donors (Lipinski definition) is 1. The van der Waals surface area contributed by atoms with Crippen LogP contribution in [-0.4, -0.2) is 34.2 Å². The van der Waals surface area contributed by atoms with Crippen LogP contribution >= 0.6 is 0 Å². The SMILES string of the molecule is CC(C)(C)OC(=O)N(CCCCCC(=O)O)Cc1cccc(C(F)(F)F)c1. The van der Waals surface area contributed by atoms with E-state index in [0.717, 1.165) is 12.1 Å². The maximum absolute atomic E-state index is 12.9. The molecule has 0 fully saturated rings. The Kier molecular flexibility index (Phi) is 8.12. The molecule has 0 aliphatic rings. The van der Waals surface area contributed by atoms with E-state index in [-0.39, 0.29) is 19.5 Å². The van der Waals surface area contributed by atoms with Gasteiger partial charge >= 0.3 is 18.2 Å². The second kappa shape index (κ2) is 9.62. The summed E-state index contributed by atoms with van der Waals surface area (Å²) in [5, 5.41) is 8.65. The Bertz CT molecular complexity index is 639. The standard InChI is InChI=1S/C19H26F3NO4/c1-18(2,3)27-17(26)23(11-6-4-5-10-16(24)25)13-14-8-7-9-15(12-14)19(20,21)22/h7-9,12H,4-6,10-11,13H2,1-3H3,(H,24,25). The number of benzene rings is 1. The molecular formula is C19H26F3NO4. The largest absolute Gasteiger partial charge is 0.481 e. The van der Waals surface area contributed by atoms with Crippen molar-refractivity contribution in [2.75, 3.05) is 6.54 Å². The highest BCUT2D eigenvalue weighted by Gasteiger charge is 2.30. The summed E-state index contributed by atoms with van der Waals surface area (Å²) < 4.78 is 44.0. The number of carboxylic acid groups (broad SMARTS) is 1. The van der Waals surface area contributed by atoms with Crippen LogP contribution in [0, 0.1) is 0 Å². The molecule has 0 aliphatic carbocycles. The van der Waals surface area contributed by atoms with E-state index in [2.05, 4.69) is 0 Å². The van der Waals surface area contributed by atoms with Gasteiger partial charge < -0.3 is 14.7 Å². The van der Waals surface area contributed by atoms with Gasteiger partial charge in [-0.1, -0.05) is 18.6 Å². The third-order valence-corrected chi connectivity index (χ3v) is 3.60. The number of carbonyl (C=O) groups is 2. The monoisotopic (exact) mass is 389 g/mol. The highest BCUT2D eigenvalue weighted by molar-refractivity contribution is 5.68. The molecule has 0 aliphatic heterocycles. The highest BCUT2D eigenvalue weighted by Crippen LogP contribution is 2.30. The fraction of sp³-hybridized carbons (Fsp3) is 0.579. The number of rotatable bonds is 8. The van der Waals surface area contributed by atoms with Gasteiger partial charge in [0.05, 0.1) is 5.56 Å². The van der Waals surface area contributed by atoms with Crippen molar-refractivity contribution in [2.45, 2.75) is 64.8 Å². The topological polar surface area (TPSA) is 66.8 Å². The predicted octanol–water partition coefficient (Wildman–Crippen LogP) is 5.09. The van der Waals surface area contributed by atoms with Crippen molar-refractivity contribution in [3.05, 3.63) is 35.4 Å². The third kappa shape index (κ3) is 9.30. The van der Waals surface area contributed by atoms with Gasteiger partial charge in [0.2, 0.25) is 0 Å². The van der Waals surface area contributed by atoms with Crippen molar-refractivity contribution in [3.63, 3.8) is 0 Å². The second-order valence-electron chi connectivity index (χ2n) is 7.30. The molecule has 0 atom stereocenters. The molecule has 0 saturated heterocycles. The number of ether oxygens (including phenoxy) is 1. The molecule has 0 saturated carbocycles. The van der Waals surface area contributed by atoms with Crippen LogP contribution < -0.4 is 0 Å². The van der Waals surface area contributed by atoms with Crippen molar-refractivity contribution in [3.8, 4) is 0 Å². The minimum absolute atomic E-state index is 0.0161. The first-order valence-corrected chi connectivity index (χ1v) is 8.74. The summed E-state index contributed by atoms with van der Waals surface area (Å²) in [7, 11) is 0. The lowest BCUT2D eigenvalue weighted by Crippen LogP contribution is -2.37. The number of carboxylic acids is 1. The Morgan fingerprint density at radius 3 is 2.33 bits per heavy atom. The van der Waals surface area contributed by atoms with E-state index in [0.29, 0.717) is 24.8 Å². The average Bonchev–Trinajstić information content (AvgIpc) is 2.51. The van der Waals surface area contributed by atoms with Gasteiger partial charge in [-0.05, 0) is 51.3 Å². The van der Waals surface area contributed by atoms with Crippen LogP contribution in [0.3, 0.4) is 0 Å². The first-order valence-electron chi connectivity index (χ1n) is 8.74. The van der Waals surface area contributed by atoms with E-state index >= 15 is 0 Å². The summed E-state index contributed by atoms with van der Waals surface area (Å²) in [6.07, 6.45) is -3.43. The minimum atomic E-state index is -4.45. The van der Waals surface area contributed by atoms with E-state index in [4.69, 9.17) is 9.84 Å². The molecule has 8 heteroatoms. The lowest BCUT2D eigenvalue weighted by atomic mass is 10.1. The lowest BCUT2D eigenvalue weighted by molar-refractivity contribution is -0.138. The first-order chi connectivity index (χ1) is 12.4. The average molecular weight is 389 g/mol. The molecule has 1 rings (SSSR count). The van der Waals surface area contributed by atoms with Gasteiger partial charge in [-0.3, -0.25) is 4.79 Å². The summed E-state index contributed by atoms with van der Waals surface area (Å²) in [6.45, 7) is 5.38. The van der Waals surface area contributed by atoms with Crippen molar-refractivity contribution < 1.29 is 32.6 Å². The molecule has 1 amide bonds. The summed E-state index contributed by atoms with van der Waals surface area (Å²) in [5.74, 6) is -0.886. The Labute approximate surface area is 157 Å². The van der Waals surface area contributed by atoms with Gasteiger partial charge in [-0.2, -0.15) is 13.2 Å². The van der Waals surface area contributed by atoms with Gasteiger partial charge in [0, 0.05) is 19.5 Å². The van der Waals surface area contributed by atoms with Crippen LogP contribution in [0.15, 0.2) is 24.3 Å². The van der Waals surface area contributed by atoms with Crippen molar-refractivity contribution >= 4 is 12.1 Å². The van der Waals surface area contributed by atoms with Crippen LogP contribution in [0.25, 0.3) is 0 Å². The maximum atomic E-state index is 12.9. The first kappa shape index (κ1) is 22.8. The Morgan fingerprint density at radius 2 is 1.78 bits per heavy atom. The molecular weight excluding hydrogens is 363 g/mol. The van der Waals surface area contributed by atoms with Crippen LogP contribution in [-0.2, 0) is 22.3 Å². The lowest BCUT2D eigenvalue weighted by Gasteiger charge is -2.27. The minimum Gasteiger partial charge on any atom is -0.481 e. The van der Waals surface area contributed by atoms with E-state index in [1.165, 1.54) is 17.0 Å². The van der Waals surface area contributed by atoms with Crippen LogP contribution in [0.2, 0.25) is 0 Å². The number of alkyl halides is 3. The molecule has 152 valence electrons. The van der Waals surface area contributed by atoms with Gasteiger partial charge in [0.1, 0.15) is 5.60 Å². The Balaban J connectivity index is 2.81. The van der Waals surface area contributed by atoms with Crippen LogP contribution in [0.4, 0.5) is 18.0 Å². The molecule has 0 radical (unpaired) electrons. The number of nitrogens with zero attached hydrogens (tertiary/aromatic N) is 1. The van der Waals surface area contributed by atoms with E-state index < -0.39 is 29.4 Å². The van der Waals surface area contributed by atoms with E-state index in [1.54, 1.807) is 20.8 Å². The molecule has 27 heavy (non-hydrogen) atoms. The number of carbonyl (C=O) groups excluding carboxylic acids is 1. The normalized spacial score (nSPS) is 11.9. The molecule has 1 aromatic carbocycles. The summed E-state index contributed by atoms with van der Waals surface area (Å²) in [5.41, 5.74) is -1.15. The highest BCUT2D eigenvalue weighted by atomic mass is 19.4. The van der Waals surface area contributed by atoms with E-state index in [1.807, 2.05) is 0 Å².